The van der Waals surface area contributed by atoms with E-state index in [2.05, 4.69) is 39.1 Å². The first kappa shape index (κ1) is 13.7. The Labute approximate surface area is 103 Å². The maximum Gasteiger partial charge on any atom is 0.0300 e. The summed E-state index contributed by atoms with van der Waals surface area (Å²) in [7, 11) is 0. The van der Waals surface area contributed by atoms with Crippen LogP contribution in [0.4, 0.5) is 0 Å². The van der Waals surface area contributed by atoms with Gasteiger partial charge < -0.3 is 11.1 Å². The van der Waals surface area contributed by atoms with Crippen LogP contribution in [0, 0.1) is 19.8 Å². The Morgan fingerprint density at radius 1 is 1.44 bits per heavy atom. The highest BCUT2D eigenvalue weighted by Crippen LogP contribution is 2.20. The SMILES string of the molecule is CCC(C)C(N)CNCc1cc(C)c(C)s1. The quantitative estimate of drug-likeness (QED) is 0.802. The van der Waals surface area contributed by atoms with Gasteiger partial charge in [-0.2, -0.15) is 0 Å². The Hall–Kier alpha value is -0.380. The lowest BCUT2D eigenvalue weighted by Gasteiger charge is -2.18. The fourth-order valence-electron chi connectivity index (χ4n) is 1.60. The van der Waals surface area contributed by atoms with Crippen molar-refractivity contribution in [2.24, 2.45) is 11.7 Å². The summed E-state index contributed by atoms with van der Waals surface area (Å²) < 4.78 is 0. The van der Waals surface area contributed by atoms with Crippen LogP contribution in [0.15, 0.2) is 6.07 Å². The van der Waals surface area contributed by atoms with Crippen molar-refractivity contribution in [3.63, 3.8) is 0 Å². The van der Waals surface area contributed by atoms with Crippen molar-refractivity contribution in [2.75, 3.05) is 6.54 Å². The smallest absolute Gasteiger partial charge is 0.0300 e. The summed E-state index contributed by atoms with van der Waals surface area (Å²) in [5.74, 6) is 0.597. The van der Waals surface area contributed by atoms with Gasteiger partial charge >= 0.3 is 0 Å². The molecule has 0 saturated heterocycles. The van der Waals surface area contributed by atoms with Gasteiger partial charge in [0.25, 0.3) is 0 Å². The minimum absolute atomic E-state index is 0.271. The maximum atomic E-state index is 6.07. The van der Waals surface area contributed by atoms with Crippen molar-refractivity contribution in [1.29, 1.82) is 0 Å². The monoisotopic (exact) mass is 240 g/mol. The van der Waals surface area contributed by atoms with E-state index in [-0.39, 0.29) is 6.04 Å². The molecule has 2 nitrogen and oxygen atoms in total. The second kappa shape index (κ2) is 6.38. The largest absolute Gasteiger partial charge is 0.326 e. The molecular weight excluding hydrogens is 216 g/mol. The number of hydrogen-bond acceptors (Lipinski definition) is 3. The summed E-state index contributed by atoms with van der Waals surface area (Å²) in [6.07, 6.45) is 1.15. The highest BCUT2D eigenvalue weighted by molar-refractivity contribution is 7.12. The van der Waals surface area contributed by atoms with E-state index in [0.717, 1.165) is 19.5 Å². The molecule has 1 rings (SSSR count). The standard InChI is InChI=1S/C13H24N2S/c1-5-9(2)13(14)8-15-7-12-6-10(3)11(4)16-12/h6,9,13,15H,5,7-8,14H2,1-4H3. The van der Waals surface area contributed by atoms with E-state index in [1.165, 1.54) is 15.3 Å². The number of nitrogens with two attached hydrogens (primary N) is 1. The molecule has 0 aromatic carbocycles. The highest BCUT2D eigenvalue weighted by atomic mass is 32.1. The van der Waals surface area contributed by atoms with Gasteiger partial charge in [-0.25, -0.2) is 0 Å². The third-order valence-electron chi connectivity index (χ3n) is 3.27. The van der Waals surface area contributed by atoms with Crippen molar-refractivity contribution in [1.82, 2.24) is 5.32 Å². The second-order valence-electron chi connectivity index (χ2n) is 4.63. The van der Waals surface area contributed by atoms with Crippen LogP contribution in [0.1, 0.15) is 35.6 Å². The minimum atomic E-state index is 0.271. The van der Waals surface area contributed by atoms with E-state index in [9.17, 15) is 0 Å². The van der Waals surface area contributed by atoms with Gasteiger partial charge in [-0.1, -0.05) is 20.3 Å². The maximum absolute atomic E-state index is 6.07. The van der Waals surface area contributed by atoms with E-state index >= 15 is 0 Å². The van der Waals surface area contributed by atoms with Crippen molar-refractivity contribution < 1.29 is 0 Å². The number of nitrogens with one attached hydrogen (secondary N) is 1. The van der Waals surface area contributed by atoms with Crippen molar-refractivity contribution in [3.05, 3.63) is 21.4 Å². The van der Waals surface area contributed by atoms with Crippen LogP contribution in [0.25, 0.3) is 0 Å². The van der Waals surface area contributed by atoms with Crippen molar-refractivity contribution in [2.45, 2.75) is 46.7 Å². The van der Waals surface area contributed by atoms with Crippen LogP contribution in [0.3, 0.4) is 0 Å². The number of aryl methyl sites for hydroxylation is 2. The van der Waals surface area contributed by atoms with Gasteiger partial charge in [-0.05, 0) is 31.4 Å². The van der Waals surface area contributed by atoms with E-state index in [0.29, 0.717) is 5.92 Å². The van der Waals surface area contributed by atoms with Gasteiger partial charge in [0.1, 0.15) is 0 Å². The predicted molar refractivity (Wildman–Crippen MR) is 72.9 cm³/mol. The summed E-state index contributed by atoms with van der Waals surface area (Å²) in [4.78, 5) is 2.83. The van der Waals surface area contributed by atoms with Gasteiger partial charge in [-0.15, -0.1) is 11.3 Å². The summed E-state index contributed by atoms with van der Waals surface area (Å²) in [5, 5.41) is 3.44. The Kier molecular flexibility index (Phi) is 5.46. The molecule has 0 radical (unpaired) electrons. The van der Waals surface area contributed by atoms with Crippen LogP contribution in [-0.2, 0) is 6.54 Å². The van der Waals surface area contributed by atoms with E-state index in [1.54, 1.807) is 0 Å². The summed E-state index contributed by atoms with van der Waals surface area (Å²) in [6, 6.07) is 2.54. The zero-order valence-electron chi connectivity index (χ0n) is 10.8. The second-order valence-corrected chi connectivity index (χ2v) is 5.97. The highest BCUT2D eigenvalue weighted by Gasteiger charge is 2.10. The van der Waals surface area contributed by atoms with Crippen LogP contribution in [0.5, 0.6) is 0 Å². The molecule has 0 bridgehead atoms. The first-order valence-corrected chi connectivity index (χ1v) is 6.88. The number of thiophene rings is 1. The predicted octanol–water partition coefficient (Wildman–Crippen LogP) is 2.83. The number of hydrogen-bond donors (Lipinski definition) is 2. The zero-order valence-corrected chi connectivity index (χ0v) is 11.7. The summed E-state index contributed by atoms with van der Waals surface area (Å²) in [5.41, 5.74) is 7.46. The third-order valence-corrected chi connectivity index (χ3v) is 4.42. The molecule has 1 aromatic rings. The molecule has 0 aliphatic rings. The lowest BCUT2D eigenvalue weighted by molar-refractivity contribution is 0.419. The van der Waals surface area contributed by atoms with Crippen LogP contribution >= 0.6 is 11.3 Å². The fourth-order valence-corrected chi connectivity index (χ4v) is 2.63. The molecule has 0 fully saturated rings. The molecule has 0 spiro atoms. The summed E-state index contributed by atoms with van der Waals surface area (Å²) in [6.45, 7) is 10.6. The topological polar surface area (TPSA) is 38.0 Å². The molecule has 2 unspecified atom stereocenters. The third kappa shape index (κ3) is 3.89. The van der Waals surface area contributed by atoms with Crippen molar-refractivity contribution in [3.8, 4) is 0 Å². The molecule has 3 N–H and O–H groups in total. The minimum Gasteiger partial charge on any atom is -0.326 e. The molecule has 0 aliphatic carbocycles. The summed E-state index contributed by atoms with van der Waals surface area (Å²) >= 11 is 1.88. The zero-order chi connectivity index (χ0) is 12.1. The Morgan fingerprint density at radius 2 is 2.12 bits per heavy atom. The van der Waals surface area contributed by atoms with Crippen LogP contribution in [0.2, 0.25) is 0 Å². The Bertz CT molecular complexity index is 300. The molecule has 0 saturated carbocycles. The Morgan fingerprint density at radius 3 is 2.62 bits per heavy atom. The molecular formula is C13H24N2S. The molecule has 16 heavy (non-hydrogen) atoms. The fraction of sp³-hybridized carbons (Fsp3) is 0.692. The van der Waals surface area contributed by atoms with Gasteiger partial charge in [0, 0.05) is 28.9 Å². The molecule has 0 aliphatic heterocycles. The molecule has 1 aromatic heterocycles. The normalized spacial score (nSPS) is 15.1. The molecule has 2 atom stereocenters. The molecule has 0 amide bonds. The van der Waals surface area contributed by atoms with Gasteiger partial charge in [0.2, 0.25) is 0 Å². The first-order valence-electron chi connectivity index (χ1n) is 6.06. The molecule has 1 heterocycles. The number of rotatable bonds is 6. The lowest BCUT2D eigenvalue weighted by Crippen LogP contribution is -2.38. The van der Waals surface area contributed by atoms with Crippen molar-refractivity contribution >= 4 is 11.3 Å². The van der Waals surface area contributed by atoms with Gasteiger partial charge in [0.15, 0.2) is 0 Å². The first-order chi connectivity index (χ1) is 7.54. The average molecular weight is 240 g/mol. The van der Waals surface area contributed by atoms with E-state index in [1.807, 2.05) is 11.3 Å². The lowest BCUT2D eigenvalue weighted by atomic mass is 10.0. The van der Waals surface area contributed by atoms with E-state index in [4.69, 9.17) is 5.73 Å². The Balaban J connectivity index is 2.30. The van der Waals surface area contributed by atoms with Crippen LogP contribution in [-0.4, -0.2) is 12.6 Å². The van der Waals surface area contributed by atoms with E-state index < -0.39 is 0 Å². The molecule has 3 heteroatoms. The molecule has 92 valence electrons. The van der Waals surface area contributed by atoms with Crippen LogP contribution < -0.4 is 11.1 Å². The average Bonchev–Trinajstić information content (AvgIpc) is 2.57. The van der Waals surface area contributed by atoms with Gasteiger partial charge in [0.05, 0.1) is 0 Å². The van der Waals surface area contributed by atoms with Gasteiger partial charge in [-0.3, -0.25) is 0 Å².